The van der Waals surface area contributed by atoms with E-state index in [-0.39, 0.29) is 18.3 Å². The molecule has 1 heterocycles. The molecule has 0 aliphatic carbocycles. The number of hydrogen-bond donors (Lipinski definition) is 0. The molecular formula is C23H20FN3O. The van der Waals surface area contributed by atoms with Crippen LogP contribution in [0.25, 0.3) is 16.7 Å². The summed E-state index contributed by atoms with van der Waals surface area (Å²) in [6.07, 6.45) is 0. The van der Waals surface area contributed by atoms with E-state index in [0.717, 1.165) is 22.5 Å². The number of nitrogens with zero attached hydrogens (tertiary/aromatic N) is 3. The van der Waals surface area contributed by atoms with E-state index < -0.39 is 0 Å². The maximum absolute atomic E-state index is 13.9. The second-order valence-corrected chi connectivity index (χ2v) is 6.79. The highest BCUT2D eigenvalue weighted by Crippen LogP contribution is 2.23. The molecule has 0 unspecified atom stereocenters. The van der Waals surface area contributed by atoms with Crippen LogP contribution in [0.1, 0.15) is 21.7 Å². The first-order chi connectivity index (χ1) is 13.5. The van der Waals surface area contributed by atoms with Gasteiger partial charge in [0, 0.05) is 30.4 Å². The molecule has 140 valence electrons. The van der Waals surface area contributed by atoms with Gasteiger partial charge in [0.15, 0.2) is 0 Å². The summed E-state index contributed by atoms with van der Waals surface area (Å²) in [6, 6.07) is 22.0. The zero-order chi connectivity index (χ0) is 19.7. The molecule has 3 aromatic carbocycles. The summed E-state index contributed by atoms with van der Waals surface area (Å²) in [6.45, 7) is 2.15. The molecule has 0 atom stereocenters. The van der Waals surface area contributed by atoms with E-state index in [9.17, 15) is 9.18 Å². The first-order valence-electron chi connectivity index (χ1n) is 9.08. The molecular weight excluding hydrogens is 353 g/mol. The van der Waals surface area contributed by atoms with E-state index in [0.29, 0.717) is 11.1 Å². The number of carbonyl (C=O) groups is 1. The molecule has 4 rings (SSSR count). The second kappa shape index (κ2) is 7.27. The van der Waals surface area contributed by atoms with Crippen molar-refractivity contribution in [2.45, 2.75) is 13.5 Å². The lowest BCUT2D eigenvalue weighted by Crippen LogP contribution is -2.26. The number of hydrogen-bond acceptors (Lipinski definition) is 2. The van der Waals surface area contributed by atoms with Crippen molar-refractivity contribution in [1.82, 2.24) is 14.5 Å². The Labute approximate surface area is 162 Å². The minimum absolute atomic E-state index is 0.169. The van der Waals surface area contributed by atoms with Crippen molar-refractivity contribution in [2.75, 3.05) is 7.05 Å². The Balaban J connectivity index is 1.65. The van der Waals surface area contributed by atoms with Gasteiger partial charge in [0.2, 0.25) is 0 Å². The van der Waals surface area contributed by atoms with Crippen LogP contribution in [0.2, 0.25) is 0 Å². The fraction of sp³-hybridized carbons (Fsp3) is 0.130. The molecule has 4 nitrogen and oxygen atoms in total. The number of carbonyl (C=O) groups excluding carboxylic acids is 1. The van der Waals surface area contributed by atoms with Crippen molar-refractivity contribution < 1.29 is 9.18 Å². The third kappa shape index (κ3) is 3.27. The van der Waals surface area contributed by atoms with Crippen LogP contribution in [0, 0.1) is 12.7 Å². The maximum Gasteiger partial charge on any atom is 0.253 e. The predicted octanol–water partition coefficient (Wildman–Crippen LogP) is 4.75. The van der Waals surface area contributed by atoms with E-state index in [1.165, 1.54) is 11.0 Å². The van der Waals surface area contributed by atoms with Crippen LogP contribution in [0.4, 0.5) is 4.39 Å². The van der Waals surface area contributed by atoms with Gasteiger partial charge >= 0.3 is 0 Å². The molecule has 0 saturated heterocycles. The normalized spacial score (nSPS) is 11.0. The summed E-state index contributed by atoms with van der Waals surface area (Å²) in [5.41, 5.74) is 3.74. The Bertz CT molecular complexity index is 1150. The number of para-hydroxylation sites is 1. The van der Waals surface area contributed by atoms with Crippen LogP contribution < -0.4 is 0 Å². The average Bonchev–Trinajstić information content (AvgIpc) is 3.04. The first-order valence-corrected chi connectivity index (χ1v) is 9.08. The number of aromatic nitrogens is 2. The number of amides is 1. The minimum atomic E-state index is -0.310. The monoisotopic (exact) mass is 373 g/mol. The van der Waals surface area contributed by atoms with Crippen molar-refractivity contribution >= 4 is 16.9 Å². The summed E-state index contributed by atoms with van der Waals surface area (Å²) in [5, 5.41) is 0. The number of benzene rings is 3. The van der Waals surface area contributed by atoms with E-state index in [2.05, 4.69) is 9.55 Å². The summed E-state index contributed by atoms with van der Waals surface area (Å²) in [7, 11) is 1.67. The highest BCUT2D eigenvalue weighted by molar-refractivity contribution is 5.97. The van der Waals surface area contributed by atoms with Gasteiger partial charge in [0.25, 0.3) is 5.91 Å². The molecule has 1 amide bonds. The van der Waals surface area contributed by atoms with Gasteiger partial charge in [-0.05, 0) is 43.3 Å². The van der Waals surface area contributed by atoms with Gasteiger partial charge < -0.3 is 4.90 Å². The molecule has 0 aliphatic heterocycles. The highest BCUT2D eigenvalue weighted by Gasteiger charge is 2.16. The van der Waals surface area contributed by atoms with Crippen molar-refractivity contribution in [1.29, 1.82) is 0 Å². The zero-order valence-corrected chi connectivity index (χ0v) is 15.8. The van der Waals surface area contributed by atoms with Gasteiger partial charge in [0.1, 0.15) is 11.6 Å². The third-order valence-corrected chi connectivity index (χ3v) is 4.80. The Hall–Kier alpha value is -3.47. The molecule has 0 aliphatic rings. The summed E-state index contributed by atoms with van der Waals surface area (Å²) in [5.74, 6) is 0.373. The molecule has 0 spiro atoms. The Kier molecular flexibility index (Phi) is 4.65. The lowest BCUT2D eigenvalue weighted by atomic mass is 10.1. The van der Waals surface area contributed by atoms with E-state index in [4.69, 9.17) is 0 Å². The topological polar surface area (TPSA) is 38.1 Å². The van der Waals surface area contributed by atoms with E-state index in [1.54, 1.807) is 37.4 Å². The number of aryl methyl sites for hydroxylation is 1. The van der Waals surface area contributed by atoms with Crippen LogP contribution in [0.15, 0.2) is 72.8 Å². The van der Waals surface area contributed by atoms with E-state index in [1.807, 2.05) is 43.3 Å². The Morgan fingerprint density at radius 1 is 1.04 bits per heavy atom. The molecule has 28 heavy (non-hydrogen) atoms. The average molecular weight is 373 g/mol. The lowest BCUT2D eigenvalue weighted by molar-refractivity contribution is 0.0784. The SMILES string of the molecule is Cc1nc2cc(C(=O)N(C)Cc3ccccc3F)ccc2n1-c1ccccc1. The fourth-order valence-electron chi connectivity index (χ4n) is 3.41. The molecule has 0 saturated carbocycles. The number of rotatable bonds is 4. The van der Waals surface area contributed by atoms with Gasteiger partial charge in [0.05, 0.1) is 11.0 Å². The van der Waals surface area contributed by atoms with Crippen molar-refractivity contribution in [3.8, 4) is 5.69 Å². The quantitative estimate of drug-likeness (QED) is 0.518. The highest BCUT2D eigenvalue weighted by atomic mass is 19.1. The first kappa shape index (κ1) is 17.9. The van der Waals surface area contributed by atoms with Gasteiger partial charge in [-0.1, -0.05) is 36.4 Å². The fourth-order valence-corrected chi connectivity index (χ4v) is 3.41. The third-order valence-electron chi connectivity index (χ3n) is 4.80. The predicted molar refractivity (Wildman–Crippen MR) is 108 cm³/mol. The van der Waals surface area contributed by atoms with Crippen LogP contribution in [-0.2, 0) is 6.54 Å². The molecule has 4 aromatic rings. The lowest BCUT2D eigenvalue weighted by Gasteiger charge is -2.18. The van der Waals surface area contributed by atoms with Gasteiger partial charge in [-0.25, -0.2) is 9.37 Å². The maximum atomic E-state index is 13.9. The summed E-state index contributed by atoms with van der Waals surface area (Å²) < 4.78 is 15.9. The van der Waals surface area contributed by atoms with Gasteiger partial charge in [-0.3, -0.25) is 9.36 Å². The Morgan fingerprint density at radius 3 is 2.50 bits per heavy atom. The largest absolute Gasteiger partial charge is 0.337 e. The van der Waals surface area contributed by atoms with Gasteiger partial charge in [-0.2, -0.15) is 0 Å². The summed E-state index contributed by atoms with van der Waals surface area (Å²) >= 11 is 0. The number of imidazole rings is 1. The molecule has 1 aromatic heterocycles. The van der Waals surface area contributed by atoms with Crippen LogP contribution >= 0.6 is 0 Å². The van der Waals surface area contributed by atoms with Crippen molar-refractivity contribution in [3.63, 3.8) is 0 Å². The van der Waals surface area contributed by atoms with Crippen molar-refractivity contribution in [2.24, 2.45) is 0 Å². The van der Waals surface area contributed by atoms with Crippen molar-refractivity contribution in [3.05, 3.63) is 95.6 Å². The Morgan fingerprint density at radius 2 is 1.75 bits per heavy atom. The molecule has 0 N–H and O–H groups in total. The second-order valence-electron chi connectivity index (χ2n) is 6.79. The number of halogens is 1. The van der Waals surface area contributed by atoms with Gasteiger partial charge in [-0.15, -0.1) is 0 Å². The molecule has 0 radical (unpaired) electrons. The van der Waals surface area contributed by atoms with Crippen LogP contribution in [-0.4, -0.2) is 27.4 Å². The standard InChI is InChI=1S/C23H20FN3O/c1-16-25-21-14-17(12-13-22(21)27(16)19-9-4-3-5-10-19)23(28)26(2)15-18-8-6-7-11-20(18)24/h3-14H,15H2,1-2H3. The zero-order valence-electron chi connectivity index (χ0n) is 15.8. The minimum Gasteiger partial charge on any atom is -0.337 e. The number of fused-ring (bicyclic) bond motifs is 1. The summed E-state index contributed by atoms with van der Waals surface area (Å²) in [4.78, 5) is 19.0. The molecule has 0 bridgehead atoms. The van der Waals surface area contributed by atoms with Crippen LogP contribution in [0.5, 0.6) is 0 Å². The smallest absolute Gasteiger partial charge is 0.253 e. The molecule has 0 fully saturated rings. The van der Waals surface area contributed by atoms with E-state index >= 15 is 0 Å². The molecule has 5 heteroatoms. The van der Waals surface area contributed by atoms with Crippen LogP contribution in [0.3, 0.4) is 0 Å².